The molecule has 0 radical (unpaired) electrons. The molecular formula is C19H18N2O3S. The van der Waals surface area contributed by atoms with Crippen LogP contribution >= 0.6 is 11.3 Å². The Labute approximate surface area is 149 Å². The van der Waals surface area contributed by atoms with Crippen LogP contribution in [0, 0.1) is 0 Å². The van der Waals surface area contributed by atoms with Gasteiger partial charge in [0, 0.05) is 18.1 Å². The molecule has 1 heterocycles. The number of carbonyl (C=O) groups excluding carboxylic acids is 2. The average Bonchev–Trinajstić information content (AvgIpc) is 3.08. The number of anilines is 2. The molecule has 0 aliphatic rings. The molecule has 5 nitrogen and oxygen atoms in total. The van der Waals surface area contributed by atoms with Crippen molar-refractivity contribution in [3.63, 3.8) is 0 Å². The molecule has 6 heteroatoms. The first-order valence-electron chi connectivity index (χ1n) is 7.74. The fourth-order valence-corrected chi connectivity index (χ4v) is 3.46. The SMILES string of the molecule is COC(=O)c1sccc1NC(=O)CN(C)c1cccc2ccccc12. The molecule has 0 aliphatic heterocycles. The summed E-state index contributed by atoms with van der Waals surface area (Å²) in [5, 5.41) is 6.74. The van der Waals surface area contributed by atoms with Crippen LogP contribution in [0.4, 0.5) is 11.4 Å². The number of esters is 1. The summed E-state index contributed by atoms with van der Waals surface area (Å²) in [6.45, 7) is 0.171. The van der Waals surface area contributed by atoms with Crippen molar-refractivity contribution < 1.29 is 14.3 Å². The number of likely N-dealkylation sites (N-methyl/N-ethyl adjacent to an activating group) is 1. The molecule has 1 N–H and O–H groups in total. The Balaban J connectivity index is 1.75. The molecule has 0 unspecified atom stereocenters. The van der Waals surface area contributed by atoms with Gasteiger partial charge in [-0.2, -0.15) is 0 Å². The monoisotopic (exact) mass is 354 g/mol. The molecule has 128 valence electrons. The minimum absolute atomic E-state index is 0.171. The van der Waals surface area contributed by atoms with Gasteiger partial charge >= 0.3 is 5.97 Å². The Hall–Kier alpha value is -2.86. The molecule has 3 rings (SSSR count). The zero-order valence-corrected chi connectivity index (χ0v) is 14.8. The molecule has 0 fully saturated rings. The summed E-state index contributed by atoms with van der Waals surface area (Å²) in [5.41, 5.74) is 1.46. The van der Waals surface area contributed by atoms with E-state index < -0.39 is 5.97 Å². The Morgan fingerprint density at radius 2 is 1.88 bits per heavy atom. The van der Waals surface area contributed by atoms with Crippen molar-refractivity contribution in [1.29, 1.82) is 0 Å². The van der Waals surface area contributed by atoms with Crippen LogP contribution in [-0.2, 0) is 9.53 Å². The fourth-order valence-electron chi connectivity index (χ4n) is 2.69. The standard InChI is InChI=1S/C19H18N2O3S/c1-21(16-9-5-7-13-6-3-4-8-14(13)16)12-17(22)20-15-10-11-25-18(15)19(23)24-2/h3-11H,12H2,1-2H3,(H,20,22). The Kier molecular flexibility index (Phi) is 5.00. The van der Waals surface area contributed by atoms with Gasteiger partial charge in [0.2, 0.25) is 5.91 Å². The topological polar surface area (TPSA) is 58.6 Å². The van der Waals surface area contributed by atoms with Gasteiger partial charge in [0.15, 0.2) is 0 Å². The quantitative estimate of drug-likeness (QED) is 0.709. The van der Waals surface area contributed by atoms with E-state index in [1.54, 1.807) is 11.4 Å². The lowest BCUT2D eigenvalue weighted by Gasteiger charge is -2.20. The highest BCUT2D eigenvalue weighted by molar-refractivity contribution is 7.12. The molecule has 2 aromatic carbocycles. The van der Waals surface area contributed by atoms with Crippen molar-refractivity contribution in [2.45, 2.75) is 0 Å². The number of ether oxygens (including phenoxy) is 1. The lowest BCUT2D eigenvalue weighted by molar-refractivity contribution is -0.114. The fraction of sp³-hybridized carbons (Fsp3) is 0.158. The smallest absolute Gasteiger partial charge is 0.350 e. The van der Waals surface area contributed by atoms with Gasteiger partial charge < -0.3 is 15.0 Å². The normalized spacial score (nSPS) is 10.5. The molecule has 0 bridgehead atoms. The minimum Gasteiger partial charge on any atom is -0.465 e. The molecule has 1 aromatic heterocycles. The van der Waals surface area contributed by atoms with Crippen molar-refractivity contribution in [3.8, 4) is 0 Å². The van der Waals surface area contributed by atoms with Crippen LogP contribution in [0.1, 0.15) is 9.67 Å². The minimum atomic E-state index is -0.451. The predicted molar refractivity (Wildman–Crippen MR) is 102 cm³/mol. The van der Waals surface area contributed by atoms with Crippen LogP contribution in [0.25, 0.3) is 10.8 Å². The van der Waals surface area contributed by atoms with Crippen LogP contribution in [-0.4, -0.2) is 32.6 Å². The van der Waals surface area contributed by atoms with Crippen LogP contribution < -0.4 is 10.2 Å². The maximum atomic E-state index is 12.4. The molecule has 0 saturated heterocycles. The predicted octanol–water partition coefficient (Wildman–Crippen LogP) is 3.76. The van der Waals surface area contributed by atoms with E-state index in [9.17, 15) is 9.59 Å². The number of hydrogen-bond donors (Lipinski definition) is 1. The van der Waals surface area contributed by atoms with Crippen molar-refractivity contribution in [2.24, 2.45) is 0 Å². The van der Waals surface area contributed by atoms with Gasteiger partial charge in [0.1, 0.15) is 4.88 Å². The largest absolute Gasteiger partial charge is 0.465 e. The zero-order valence-electron chi connectivity index (χ0n) is 14.0. The third-order valence-electron chi connectivity index (χ3n) is 3.87. The summed E-state index contributed by atoms with van der Waals surface area (Å²) >= 11 is 1.24. The summed E-state index contributed by atoms with van der Waals surface area (Å²) < 4.78 is 4.73. The lowest BCUT2D eigenvalue weighted by Crippen LogP contribution is -2.30. The second-order valence-electron chi connectivity index (χ2n) is 5.56. The van der Waals surface area contributed by atoms with Crippen LogP contribution in [0.3, 0.4) is 0 Å². The number of rotatable bonds is 5. The highest BCUT2D eigenvalue weighted by Gasteiger charge is 2.17. The highest BCUT2D eigenvalue weighted by Crippen LogP contribution is 2.26. The van der Waals surface area contributed by atoms with E-state index in [1.807, 2.05) is 54.4 Å². The maximum Gasteiger partial charge on any atom is 0.350 e. The van der Waals surface area contributed by atoms with Gasteiger partial charge in [0.05, 0.1) is 19.3 Å². The van der Waals surface area contributed by atoms with Crippen LogP contribution in [0.5, 0.6) is 0 Å². The van der Waals surface area contributed by atoms with Crippen molar-refractivity contribution in [3.05, 3.63) is 58.8 Å². The number of fused-ring (bicyclic) bond motifs is 1. The van der Waals surface area contributed by atoms with Gasteiger partial charge in [-0.1, -0.05) is 36.4 Å². The van der Waals surface area contributed by atoms with Crippen molar-refractivity contribution >= 4 is 45.4 Å². The van der Waals surface area contributed by atoms with Gasteiger partial charge in [-0.05, 0) is 22.9 Å². The van der Waals surface area contributed by atoms with E-state index in [0.29, 0.717) is 10.6 Å². The Morgan fingerprint density at radius 3 is 2.68 bits per heavy atom. The number of nitrogens with zero attached hydrogens (tertiary/aromatic N) is 1. The molecule has 25 heavy (non-hydrogen) atoms. The second kappa shape index (κ2) is 7.36. The molecule has 0 saturated carbocycles. The molecule has 1 amide bonds. The van der Waals surface area contributed by atoms with Crippen LogP contribution in [0.15, 0.2) is 53.9 Å². The Morgan fingerprint density at radius 1 is 1.12 bits per heavy atom. The lowest BCUT2D eigenvalue weighted by atomic mass is 10.1. The number of methoxy groups -OCH3 is 1. The van der Waals surface area contributed by atoms with E-state index in [4.69, 9.17) is 4.74 Å². The number of carbonyl (C=O) groups is 2. The van der Waals surface area contributed by atoms with Gasteiger partial charge in [-0.15, -0.1) is 11.3 Å². The first kappa shape index (κ1) is 17.0. The number of amides is 1. The van der Waals surface area contributed by atoms with E-state index in [-0.39, 0.29) is 12.5 Å². The van der Waals surface area contributed by atoms with Crippen molar-refractivity contribution in [1.82, 2.24) is 0 Å². The summed E-state index contributed by atoms with van der Waals surface area (Å²) in [4.78, 5) is 26.4. The summed E-state index contributed by atoms with van der Waals surface area (Å²) in [6.07, 6.45) is 0. The first-order valence-corrected chi connectivity index (χ1v) is 8.62. The molecule has 0 atom stereocenters. The van der Waals surface area contributed by atoms with Crippen molar-refractivity contribution in [2.75, 3.05) is 30.9 Å². The van der Waals surface area contributed by atoms with Crippen LogP contribution in [0.2, 0.25) is 0 Å². The molecule has 0 aliphatic carbocycles. The number of nitrogens with one attached hydrogen (secondary N) is 1. The van der Waals surface area contributed by atoms with Gasteiger partial charge in [-0.25, -0.2) is 4.79 Å². The first-order chi connectivity index (χ1) is 12.1. The van der Waals surface area contributed by atoms with Gasteiger partial charge in [0.25, 0.3) is 0 Å². The summed E-state index contributed by atoms with van der Waals surface area (Å²) in [7, 11) is 3.19. The average molecular weight is 354 g/mol. The number of thiophene rings is 1. The van der Waals surface area contributed by atoms with E-state index in [2.05, 4.69) is 5.32 Å². The second-order valence-corrected chi connectivity index (χ2v) is 6.47. The maximum absolute atomic E-state index is 12.4. The molecule has 0 spiro atoms. The molecular weight excluding hydrogens is 336 g/mol. The number of benzene rings is 2. The zero-order chi connectivity index (χ0) is 17.8. The molecule has 3 aromatic rings. The third-order valence-corrected chi connectivity index (χ3v) is 4.76. The Bertz CT molecular complexity index is 914. The van der Waals surface area contributed by atoms with E-state index >= 15 is 0 Å². The summed E-state index contributed by atoms with van der Waals surface area (Å²) in [6, 6.07) is 15.7. The van der Waals surface area contributed by atoms with E-state index in [0.717, 1.165) is 16.5 Å². The third kappa shape index (κ3) is 3.64. The summed E-state index contributed by atoms with van der Waals surface area (Å²) in [5.74, 6) is -0.647. The number of hydrogen-bond acceptors (Lipinski definition) is 5. The highest BCUT2D eigenvalue weighted by atomic mass is 32.1. The van der Waals surface area contributed by atoms with E-state index in [1.165, 1.54) is 18.4 Å². The van der Waals surface area contributed by atoms with Gasteiger partial charge in [-0.3, -0.25) is 4.79 Å².